The zero-order valence-corrected chi connectivity index (χ0v) is 7.05. The number of allylic oxidation sites excluding steroid dienone is 2. The van der Waals surface area contributed by atoms with Gasteiger partial charge in [0.2, 0.25) is 0 Å². The normalized spacial score (nSPS) is 25.6. The molecule has 1 atom stereocenters. The average Bonchev–Trinajstić information content (AvgIpc) is 2.20. The van der Waals surface area contributed by atoms with Crippen molar-refractivity contribution in [1.82, 2.24) is 10.2 Å². The highest BCUT2D eigenvalue weighted by molar-refractivity contribution is 5.45. The van der Waals surface area contributed by atoms with Gasteiger partial charge in [0.25, 0.3) is 0 Å². The van der Waals surface area contributed by atoms with Crippen molar-refractivity contribution >= 4 is 5.69 Å². The van der Waals surface area contributed by atoms with E-state index in [-0.39, 0.29) is 0 Å². The summed E-state index contributed by atoms with van der Waals surface area (Å²) in [5, 5.41) is 12.0. The largest absolute Gasteiger partial charge is 0.596 e. The summed E-state index contributed by atoms with van der Waals surface area (Å²) in [5.41, 5.74) is 3.40. The molecular formula is C10H10N2O. The maximum absolute atomic E-state index is 12.0. The molecule has 0 aromatic heterocycles. The van der Waals surface area contributed by atoms with Gasteiger partial charge in [-0.1, -0.05) is 18.2 Å². The van der Waals surface area contributed by atoms with Gasteiger partial charge in [0.15, 0.2) is 5.69 Å². The molecule has 0 fully saturated rings. The van der Waals surface area contributed by atoms with Gasteiger partial charge in [0.1, 0.15) is 6.20 Å². The molecular weight excluding hydrogens is 164 g/mol. The molecule has 0 spiro atoms. The molecule has 1 aromatic carbocycles. The van der Waals surface area contributed by atoms with Crippen LogP contribution < -0.4 is 10.2 Å². The molecule has 0 radical (unpaired) electrons. The van der Waals surface area contributed by atoms with Crippen molar-refractivity contribution in [3.63, 3.8) is 0 Å². The molecule has 1 aliphatic rings. The van der Waals surface area contributed by atoms with E-state index in [4.69, 9.17) is 0 Å². The number of hydroxylamine groups is 1. The fraction of sp³-hybridized carbons (Fsp3) is 0. The van der Waals surface area contributed by atoms with Gasteiger partial charge in [0, 0.05) is 12.1 Å². The van der Waals surface area contributed by atoms with Crippen LogP contribution in [0.1, 0.15) is 0 Å². The lowest BCUT2D eigenvalue weighted by atomic mass is 10.3. The van der Waals surface area contributed by atoms with Crippen molar-refractivity contribution in [2.24, 2.45) is 0 Å². The first-order valence-electron chi connectivity index (χ1n) is 4.09. The number of benzene rings is 1. The van der Waals surface area contributed by atoms with Crippen molar-refractivity contribution in [3.05, 3.63) is 60.1 Å². The van der Waals surface area contributed by atoms with Crippen molar-refractivity contribution in [2.45, 2.75) is 0 Å². The zero-order valence-electron chi connectivity index (χ0n) is 7.05. The number of rotatable bonds is 1. The molecule has 13 heavy (non-hydrogen) atoms. The van der Waals surface area contributed by atoms with Crippen LogP contribution in [-0.2, 0) is 0 Å². The van der Waals surface area contributed by atoms with Gasteiger partial charge in [-0.15, -0.1) is 0 Å². The lowest BCUT2D eigenvalue weighted by Gasteiger charge is -2.37. The first kappa shape index (κ1) is 8.04. The van der Waals surface area contributed by atoms with Crippen molar-refractivity contribution < 1.29 is 0 Å². The zero-order chi connectivity index (χ0) is 9.15. The Morgan fingerprint density at radius 2 is 1.85 bits per heavy atom. The summed E-state index contributed by atoms with van der Waals surface area (Å²) >= 11 is 0. The predicted octanol–water partition coefficient (Wildman–Crippen LogP) is 2.04. The second-order valence-corrected chi connectivity index (χ2v) is 2.82. The third kappa shape index (κ3) is 1.47. The van der Waals surface area contributed by atoms with Gasteiger partial charge < -0.3 is 5.21 Å². The van der Waals surface area contributed by atoms with Gasteiger partial charge in [0.05, 0.1) is 6.20 Å². The van der Waals surface area contributed by atoms with Crippen LogP contribution in [0.15, 0.2) is 54.9 Å². The van der Waals surface area contributed by atoms with Crippen LogP contribution >= 0.6 is 0 Å². The lowest BCUT2D eigenvalue weighted by Crippen LogP contribution is -2.48. The Balaban J connectivity index is 2.35. The highest BCUT2D eigenvalue weighted by Crippen LogP contribution is 2.20. The fourth-order valence-electron chi connectivity index (χ4n) is 1.23. The second kappa shape index (κ2) is 3.05. The molecule has 0 saturated heterocycles. The first-order chi connectivity index (χ1) is 6.31. The molecule has 3 heteroatoms. The van der Waals surface area contributed by atoms with Crippen LogP contribution in [-0.4, -0.2) is 0 Å². The number of hydrogen-bond acceptors (Lipinski definition) is 2. The Labute approximate surface area is 76.7 Å². The molecule has 1 aromatic rings. The Morgan fingerprint density at radius 1 is 1.08 bits per heavy atom. The summed E-state index contributed by atoms with van der Waals surface area (Å²) in [7, 11) is 0. The minimum atomic E-state index is -0.628. The topological polar surface area (TPSA) is 35.1 Å². The summed E-state index contributed by atoms with van der Waals surface area (Å²) in [6.07, 6.45) is 6.71. The van der Waals surface area contributed by atoms with Crippen molar-refractivity contribution in [1.29, 1.82) is 0 Å². The van der Waals surface area contributed by atoms with E-state index in [0.29, 0.717) is 5.69 Å². The molecule has 1 unspecified atom stereocenters. The molecule has 3 nitrogen and oxygen atoms in total. The van der Waals surface area contributed by atoms with Crippen LogP contribution in [0, 0.1) is 5.21 Å². The van der Waals surface area contributed by atoms with E-state index in [2.05, 4.69) is 5.43 Å². The van der Waals surface area contributed by atoms with E-state index in [1.165, 1.54) is 0 Å². The third-order valence-corrected chi connectivity index (χ3v) is 1.91. The van der Waals surface area contributed by atoms with E-state index >= 15 is 0 Å². The number of hydrogen-bond donors (Lipinski definition) is 1. The number of para-hydroxylation sites is 1. The van der Waals surface area contributed by atoms with E-state index in [9.17, 15) is 5.21 Å². The molecule has 1 heterocycles. The smallest absolute Gasteiger partial charge is 0.162 e. The van der Waals surface area contributed by atoms with Gasteiger partial charge >= 0.3 is 0 Å². The maximum Gasteiger partial charge on any atom is 0.162 e. The minimum Gasteiger partial charge on any atom is -0.596 e. The molecule has 2 rings (SSSR count). The van der Waals surface area contributed by atoms with Gasteiger partial charge in [-0.3, -0.25) is 0 Å². The van der Waals surface area contributed by atoms with Crippen molar-refractivity contribution in [3.8, 4) is 0 Å². The van der Waals surface area contributed by atoms with Crippen LogP contribution in [0.2, 0.25) is 0 Å². The van der Waals surface area contributed by atoms with Crippen LogP contribution in [0.3, 0.4) is 0 Å². The number of nitrogens with zero attached hydrogens (tertiary/aromatic N) is 1. The third-order valence-electron chi connectivity index (χ3n) is 1.91. The first-order valence-corrected chi connectivity index (χ1v) is 4.09. The monoisotopic (exact) mass is 174 g/mol. The molecule has 0 amide bonds. The summed E-state index contributed by atoms with van der Waals surface area (Å²) in [6, 6.07) is 9.17. The van der Waals surface area contributed by atoms with Crippen molar-refractivity contribution in [2.75, 3.05) is 0 Å². The maximum atomic E-state index is 12.0. The number of nitrogens with one attached hydrogen (secondary N) is 1. The van der Waals surface area contributed by atoms with E-state index in [1.807, 2.05) is 18.2 Å². The van der Waals surface area contributed by atoms with Crippen LogP contribution in [0.25, 0.3) is 0 Å². The molecule has 0 aliphatic carbocycles. The van der Waals surface area contributed by atoms with Gasteiger partial charge in [-0.05, 0) is 12.2 Å². The van der Waals surface area contributed by atoms with Crippen LogP contribution in [0.5, 0.6) is 0 Å². The summed E-state index contributed by atoms with van der Waals surface area (Å²) < 4.78 is -0.628. The number of quaternary nitrogens is 1. The Kier molecular flexibility index (Phi) is 1.88. The van der Waals surface area contributed by atoms with Crippen LogP contribution in [0.4, 0.5) is 5.69 Å². The average molecular weight is 174 g/mol. The van der Waals surface area contributed by atoms with Gasteiger partial charge in [-0.2, -0.15) is 4.76 Å². The SMILES string of the molecule is [O-][N+]1(c2ccccc2)C=CC=CN1. The Morgan fingerprint density at radius 3 is 2.46 bits per heavy atom. The standard InChI is InChI=1S/C10H10N2O/c13-12(9-5-4-8-11-12)10-6-2-1-3-7-10/h1-9,11H. The lowest BCUT2D eigenvalue weighted by molar-refractivity contribution is 0.418. The second-order valence-electron chi connectivity index (χ2n) is 2.82. The Hall–Kier alpha value is -1.58. The summed E-state index contributed by atoms with van der Waals surface area (Å²) in [5.74, 6) is 0. The molecule has 1 N–H and O–H groups in total. The Bertz CT molecular complexity index is 345. The van der Waals surface area contributed by atoms with E-state index < -0.39 is 4.76 Å². The highest BCUT2D eigenvalue weighted by atomic mass is 16.6. The molecule has 66 valence electrons. The molecule has 1 aliphatic heterocycles. The predicted molar refractivity (Wildman–Crippen MR) is 53.0 cm³/mol. The fourth-order valence-corrected chi connectivity index (χ4v) is 1.23. The summed E-state index contributed by atoms with van der Waals surface area (Å²) in [4.78, 5) is 0. The molecule has 0 saturated carbocycles. The minimum absolute atomic E-state index is 0.628. The summed E-state index contributed by atoms with van der Waals surface area (Å²) in [6.45, 7) is 0. The van der Waals surface area contributed by atoms with Gasteiger partial charge in [-0.25, -0.2) is 5.43 Å². The quantitative estimate of drug-likeness (QED) is 0.522. The highest BCUT2D eigenvalue weighted by Gasteiger charge is 2.16. The molecule has 0 bridgehead atoms. The van der Waals surface area contributed by atoms with E-state index in [1.54, 1.807) is 36.7 Å². The van der Waals surface area contributed by atoms with E-state index in [0.717, 1.165) is 0 Å².